The number of carbonyl (C=O) groups is 1. The Kier molecular flexibility index (Phi) is 7.75. The lowest BCUT2D eigenvalue weighted by Gasteiger charge is -2.30. The molecule has 0 atom stereocenters. The van der Waals surface area contributed by atoms with Crippen molar-refractivity contribution in [3.8, 4) is 0 Å². The second-order valence-corrected chi connectivity index (χ2v) is 10.4. The zero-order chi connectivity index (χ0) is 20.7. The van der Waals surface area contributed by atoms with E-state index in [0.29, 0.717) is 12.1 Å². The van der Waals surface area contributed by atoms with E-state index in [1.54, 1.807) is 30.9 Å². The SMILES string of the molecule is CN(C1CCCCC1)S(=O)(=O)c1ccc(C(=O)NCCSc2ccccc2)cc1. The van der Waals surface area contributed by atoms with E-state index in [2.05, 4.69) is 5.32 Å². The number of hydrogen-bond acceptors (Lipinski definition) is 4. The Morgan fingerprint density at radius 3 is 2.34 bits per heavy atom. The predicted molar refractivity (Wildman–Crippen MR) is 118 cm³/mol. The summed E-state index contributed by atoms with van der Waals surface area (Å²) < 4.78 is 27.3. The minimum Gasteiger partial charge on any atom is -0.351 e. The zero-order valence-electron chi connectivity index (χ0n) is 16.7. The van der Waals surface area contributed by atoms with Crippen LogP contribution in [0.3, 0.4) is 0 Å². The topological polar surface area (TPSA) is 66.5 Å². The van der Waals surface area contributed by atoms with Gasteiger partial charge in [-0.3, -0.25) is 4.79 Å². The van der Waals surface area contributed by atoms with E-state index in [9.17, 15) is 13.2 Å². The molecule has 7 heteroatoms. The highest BCUT2D eigenvalue weighted by Crippen LogP contribution is 2.26. The molecule has 3 rings (SSSR count). The van der Waals surface area contributed by atoms with Crippen LogP contribution < -0.4 is 5.32 Å². The molecule has 1 aliphatic rings. The maximum Gasteiger partial charge on any atom is 0.251 e. The molecule has 1 amide bonds. The van der Waals surface area contributed by atoms with Gasteiger partial charge in [0.15, 0.2) is 0 Å². The molecule has 1 aliphatic carbocycles. The molecule has 29 heavy (non-hydrogen) atoms. The first-order valence-electron chi connectivity index (χ1n) is 10.0. The summed E-state index contributed by atoms with van der Waals surface area (Å²) in [6, 6.07) is 16.3. The van der Waals surface area contributed by atoms with E-state index in [0.717, 1.165) is 31.4 Å². The van der Waals surface area contributed by atoms with Crippen LogP contribution in [0.2, 0.25) is 0 Å². The zero-order valence-corrected chi connectivity index (χ0v) is 18.3. The lowest BCUT2D eigenvalue weighted by molar-refractivity contribution is 0.0956. The number of sulfonamides is 1. The number of nitrogens with one attached hydrogen (secondary N) is 1. The van der Waals surface area contributed by atoms with E-state index < -0.39 is 10.0 Å². The molecule has 1 N–H and O–H groups in total. The standard InChI is InChI=1S/C22H28N2O3S2/c1-24(19-8-4-2-5-9-19)29(26,27)21-14-12-18(13-15-21)22(25)23-16-17-28-20-10-6-3-7-11-20/h3,6-7,10-15,19H,2,4-5,8-9,16-17H2,1H3,(H,23,25). The second kappa shape index (κ2) is 10.3. The monoisotopic (exact) mass is 432 g/mol. The van der Waals surface area contributed by atoms with Gasteiger partial charge in [0.1, 0.15) is 0 Å². The fourth-order valence-electron chi connectivity index (χ4n) is 3.54. The summed E-state index contributed by atoms with van der Waals surface area (Å²) in [7, 11) is -1.87. The molecule has 0 unspecified atom stereocenters. The quantitative estimate of drug-likeness (QED) is 0.502. The molecule has 0 aromatic heterocycles. The first-order valence-corrected chi connectivity index (χ1v) is 12.5. The Hall–Kier alpha value is -1.83. The van der Waals surface area contributed by atoms with Crippen LogP contribution in [0.25, 0.3) is 0 Å². The largest absolute Gasteiger partial charge is 0.351 e. The van der Waals surface area contributed by atoms with Crippen LogP contribution in [-0.4, -0.2) is 44.0 Å². The Morgan fingerprint density at radius 1 is 1.03 bits per heavy atom. The molecule has 0 bridgehead atoms. The summed E-state index contributed by atoms with van der Waals surface area (Å²) >= 11 is 1.68. The third-order valence-electron chi connectivity index (χ3n) is 5.28. The molecule has 0 radical (unpaired) electrons. The molecule has 156 valence electrons. The van der Waals surface area contributed by atoms with Crippen LogP contribution in [0, 0.1) is 0 Å². The average Bonchev–Trinajstić information content (AvgIpc) is 2.77. The van der Waals surface area contributed by atoms with Crippen LogP contribution in [0.5, 0.6) is 0 Å². The Labute approximate surface area is 177 Å². The molecule has 0 aliphatic heterocycles. The van der Waals surface area contributed by atoms with Crippen molar-refractivity contribution in [2.75, 3.05) is 19.3 Å². The van der Waals surface area contributed by atoms with Crippen molar-refractivity contribution < 1.29 is 13.2 Å². The van der Waals surface area contributed by atoms with Gasteiger partial charge < -0.3 is 5.32 Å². The number of hydrogen-bond donors (Lipinski definition) is 1. The molecule has 2 aromatic rings. The Balaban J connectivity index is 1.53. The van der Waals surface area contributed by atoms with Gasteiger partial charge in [-0.05, 0) is 49.2 Å². The van der Waals surface area contributed by atoms with Gasteiger partial charge in [-0.1, -0.05) is 37.5 Å². The number of thioether (sulfide) groups is 1. The first-order chi connectivity index (χ1) is 14.0. The van der Waals surface area contributed by atoms with Crippen molar-refractivity contribution in [3.05, 3.63) is 60.2 Å². The summed E-state index contributed by atoms with van der Waals surface area (Å²) in [5, 5.41) is 2.88. The Morgan fingerprint density at radius 2 is 1.69 bits per heavy atom. The lowest BCUT2D eigenvalue weighted by atomic mass is 9.96. The Bertz CT molecular complexity index is 893. The van der Waals surface area contributed by atoms with Crippen molar-refractivity contribution in [3.63, 3.8) is 0 Å². The van der Waals surface area contributed by atoms with Gasteiger partial charge in [0.25, 0.3) is 5.91 Å². The van der Waals surface area contributed by atoms with Gasteiger partial charge in [-0.15, -0.1) is 11.8 Å². The summed E-state index contributed by atoms with van der Waals surface area (Å²) in [5.74, 6) is 0.581. The molecule has 0 spiro atoms. The molecule has 0 heterocycles. The van der Waals surface area contributed by atoms with Gasteiger partial charge in [0, 0.05) is 35.8 Å². The fraction of sp³-hybridized carbons (Fsp3) is 0.409. The molecule has 1 saturated carbocycles. The molecular formula is C22H28N2O3S2. The summed E-state index contributed by atoms with van der Waals surface area (Å²) in [6.45, 7) is 0.545. The summed E-state index contributed by atoms with van der Waals surface area (Å²) in [5.41, 5.74) is 0.467. The van der Waals surface area contributed by atoms with Crippen molar-refractivity contribution in [1.82, 2.24) is 9.62 Å². The number of amides is 1. The fourth-order valence-corrected chi connectivity index (χ4v) is 5.74. The maximum absolute atomic E-state index is 12.9. The first kappa shape index (κ1) is 21.9. The van der Waals surface area contributed by atoms with E-state index >= 15 is 0 Å². The summed E-state index contributed by atoms with van der Waals surface area (Å²) in [4.78, 5) is 13.7. The molecule has 2 aromatic carbocycles. The van der Waals surface area contributed by atoms with E-state index in [1.807, 2.05) is 30.3 Å². The van der Waals surface area contributed by atoms with Gasteiger partial charge in [0.2, 0.25) is 10.0 Å². The van der Waals surface area contributed by atoms with Crippen molar-refractivity contribution in [1.29, 1.82) is 0 Å². The molecule has 1 fully saturated rings. The lowest BCUT2D eigenvalue weighted by Crippen LogP contribution is -2.38. The minimum absolute atomic E-state index is 0.0684. The van der Waals surface area contributed by atoms with Crippen LogP contribution in [-0.2, 0) is 10.0 Å². The van der Waals surface area contributed by atoms with Crippen LogP contribution in [0.15, 0.2) is 64.4 Å². The van der Waals surface area contributed by atoms with Crippen LogP contribution >= 0.6 is 11.8 Å². The van der Waals surface area contributed by atoms with Gasteiger partial charge in [-0.25, -0.2) is 8.42 Å². The number of rotatable bonds is 8. The highest BCUT2D eigenvalue weighted by Gasteiger charge is 2.29. The third kappa shape index (κ3) is 5.84. The van der Waals surface area contributed by atoms with Crippen LogP contribution in [0.1, 0.15) is 42.5 Å². The van der Waals surface area contributed by atoms with Crippen molar-refractivity contribution in [2.24, 2.45) is 0 Å². The van der Waals surface area contributed by atoms with Gasteiger partial charge in [-0.2, -0.15) is 4.31 Å². The van der Waals surface area contributed by atoms with Crippen molar-refractivity contribution in [2.45, 2.75) is 47.9 Å². The van der Waals surface area contributed by atoms with Crippen molar-refractivity contribution >= 4 is 27.7 Å². The van der Waals surface area contributed by atoms with Gasteiger partial charge >= 0.3 is 0 Å². The van der Waals surface area contributed by atoms with Crippen LogP contribution in [0.4, 0.5) is 0 Å². The highest BCUT2D eigenvalue weighted by molar-refractivity contribution is 7.99. The number of nitrogens with zero attached hydrogens (tertiary/aromatic N) is 1. The molecule has 5 nitrogen and oxygen atoms in total. The third-order valence-corrected chi connectivity index (χ3v) is 8.22. The summed E-state index contributed by atoms with van der Waals surface area (Å²) in [6.07, 6.45) is 5.16. The molecule has 0 saturated heterocycles. The van der Waals surface area contributed by atoms with E-state index in [-0.39, 0.29) is 16.8 Å². The highest BCUT2D eigenvalue weighted by atomic mass is 32.2. The second-order valence-electron chi connectivity index (χ2n) is 7.25. The minimum atomic E-state index is -3.53. The normalized spacial score (nSPS) is 15.4. The predicted octanol–water partition coefficient (Wildman–Crippen LogP) is 4.16. The molecular weight excluding hydrogens is 404 g/mol. The van der Waals surface area contributed by atoms with E-state index in [4.69, 9.17) is 0 Å². The number of carbonyl (C=O) groups excluding carboxylic acids is 1. The maximum atomic E-state index is 12.9. The van der Waals surface area contributed by atoms with Gasteiger partial charge in [0.05, 0.1) is 4.90 Å². The smallest absolute Gasteiger partial charge is 0.251 e. The average molecular weight is 433 g/mol. The number of benzene rings is 2. The van der Waals surface area contributed by atoms with E-state index in [1.165, 1.54) is 27.8 Å².